The number of rotatable bonds is 9. The summed E-state index contributed by atoms with van der Waals surface area (Å²) in [5.74, 6) is -5.65. The quantitative estimate of drug-likeness (QED) is 0.179. The molecule has 15 heteroatoms. The second-order valence-electron chi connectivity index (χ2n) is 13.7. The third-order valence-corrected chi connectivity index (χ3v) is 8.14. The first kappa shape index (κ1) is 38.5. The van der Waals surface area contributed by atoms with E-state index in [0.717, 1.165) is 16.5 Å². The molecule has 1 aromatic carbocycles. The molecule has 9 N–H and O–H groups in total. The Morgan fingerprint density at radius 3 is 1.84 bits per heavy atom. The molecule has 0 saturated carbocycles. The molecule has 268 valence electrons. The van der Waals surface area contributed by atoms with Crippen molar-refractivity contribution in [1.29, 1.82) is 0 Å². The van der Waals surface area contributed by atoms with Crippen molar-refractivity contribution in [1.82, 2.24) is 36.9 Å². The van der Waals surface area contributed by atoms with Crippen LogP contribution in [0.15, 0.2) is 30.5 Å². The van der Waals surface area contributed by atoms with E-state index in [-0.39, 0.29) is 31.1 Å². The fourth-order valence-electron chi connectivity index (χ4n) is 5.68. The normalized spacial score (nSPS) is 23.7. The summed E-state index contributed by atoms with van der Waals surface area (Å²) in [5.41, 5.74) is 6.91. The van der Waals surface area contributed by atoms with Crippen LogP contribution in [-0.4, -0.2) is 83.1 Å². The van der Waals surface area contributed by atoms with Crippen LogP contribution in [0.3, 0.4) is 0 Å². The predicted molar refractivity (Wildman–Crippen MR) is 182 cm³/mol. The lowest BCUT2D eigenvalue weighted by Crippen LogP contribution is -2.61. The summed E-state index contributed by atoms with van der Waals surface area (Å²) in [6.45, 7) is 10.3. The van der Waals surface area contributed by atoms with E-state index in [0.29, 0.717) is 0 Å². The minimum Gasteiger partial charge on any atom is -0.370 e. The fourth-order valence-corrected chi connectivity index (χ4v) is 5.68. The molecule has 1 fully saturated rings. The number of primary amides is 1. The van der Waals surface area contributed by atoms with Crippen LogP contribution in [-0.2, 0) is 40.0 Å². The standard InChI is InChI=1S/C34H50N8O7/c1-17(2)11-23-31(46)40-24(12-18(3)4)33(48)42-29(19(5)6)34(49)41-26(14-27(35)43)30(45)37-16-28(44)38-25(32(47)39-23)13-20-15-36-22-10-8-7-9-21(20)22/h7-10,15,17-19,23-26,29,36H,11-14,16H2,1-6H3,(H2,35,43)(H,37,45)(H,38,44)(H,39,47)(H,40,46)(H,41,49)(H,42,48)/t23-,24+,25+,26+,29-/m1/s1. The molecule has 2 aromatic rings. The number of amides is 7. The maximum atomic E-state index is 13.9. The van der Waals surface area contributed by atoms with Gasteiger partial charge in [-0.3, -0.25) is 33.6 Å². The zero-order valence-corrected chi connectivity index (χ0v) is 29.0. The van der Waals surface area contributed by atoms with Gasteiger partial charge in [-0.25, -0.2) is 0 Å². The molecule has 7 amide bonds. The molecule has 1 aliphatic rings. The second kappa shape index (κ2) is 17.4. The summed E-state index contributed by atoms with van der Waals surface area (Å²) >= 11 is 0. The van der Waals surface area contributed by atoms with Crippen LogP contribution in [0.5, 0.6) is 0 Å². The van der Waals surface area contributed by atoms with Crippen LogP contribution in [0.25, 0.3) is 10.9 Å². The molecule has 49 heavy (non-hydrogen) atoms. The van der Waals surface area contributed by atoms with E-state index >= 15 is 0 Å². The molecule has 0 spiro atoms. The number of para-hydroxylation sites is 1. The second-order valence-corrected chi connectivity index (χ2v) is 13.7. The van der Waals surface area contributed by atoms with E-state index in [9.17, 15) is 33.6 Å². The van der Waals surface area contributed by atoms with Crippen molar-refractivity contribution in [3.8, 4) is 0 Å². The average Bonchev–Trinajstić information content (AvgIpc) is 3.42. The number of aromatic nitrogens is 1. The summed E-state index contributed by atoms with van der Waals surface area (Å²) in [6.07, 6.45) is 1.65. The van der Waals surface area contributed by atoms with Gasteiger partial charge in [-0.1, -0.05) is 59.7 Å². The Hall–Kier alpha value is -4.95. The van der Waals surface area contributed by atoms with Gasteiger partial charge >= 0.3 is 0 Å². The summed E-state index contributed by atoms with van der Waals surface area (Å²) in [6, 6.07) is 1.52. The Labute approximate surface area is 286 Å². The first-order valence-electron chi connectivity index (χ1n) is 16.7. The van der Waals surface area contributed by atoms with Crippen molar-refractivity contribution in [2.75, 3.05) is 6.54 Å². The van der Waals surface area contributed by atoms with Crippen molar-refractivity contribution in [2.45, 2.75) is 97.4 Å². The number of H-pyrrole nitrogens is 1. The van der Waals surface area contributed by atoms with E-state index in [1.54, 1.807) is 20.0 Å². The number of fused-ring (bicyclic) bond motifs is 1. The molecule has 0 bridgehead atoms. The van der Waals surface area contributed by atoms with E-state index in [4.69, 9.17) is 5.73 Å². The van der Waals surface area contributed by atoms with Crippen molar-refractivity contribution in [3.63, 3.8) is 0 Å². The van der Waals surface area contributed by atoms with E-state index < -0.39 is 90.4 Å². The Bertz CT molecular complexity index is 1540. The van der Waals surface area contributed by atoms with Gasteiger partial charge in [0, 0.05) is 23.5 Å². The molecule has 15 nitrogen and oxygen atoms in total. The SMILES string of the molecule is CC(C)C[C@@H]1NC(=O)[C@@H](CC(C)C)NC(=O)[C@H](Cc2c[nH]c3ccccc23)NC(=O)CNC(=O)[C@H](CC(N)=O)NC(=O)[C@@H](C(C)C)NC1=O. The Balaban J connectivity index is 2.04. The van der Waals surface area contributed by atoms with Gasteiger partial charge in [-0.05, 0) is 42.2 Å². The highest BCUT2D eigenvalue weighted by molar-refractivity contribution is 5.98. The van der Waals surface area contributed by atoms with Gasteiger partial charge in [0.1, 0.15) is 30.2 Å². The number of carbonyl (C=O) groups is 7. The number of hydrogen-bond acceptors (Lipinski definition) is 7. The molecule has 1 saturated heterocycles. The van der Waals surface area contributed by atoms with Gasteiger partial charge in [0.05, 0.1) is 13.0 Å². The number of hydrogen-bond donors (Lipinski definition) is 8. The summed E-state index contributed by atoms with van der Waals surface area (Å²) in [7, 11) is 0. The lowest BCUT2D eigenvalue weighted by atomic mass is 9.98. The molecular formula is C34H50N8O7. The number of carbonyl (C=O) groups excluding carboxylic acids is 7. The Kier molecular flexibility index (Phi) is 13.7. The molecular weight excluding hydrogens is 632 g/mol. The Morgan fingerprint density at radius 2 is 1.27 bits per heavy atom. The van der Waals surface area contributed by atoms with E-state index in [1.807, 2.05) is 52.0 Å². The number of nitrogens with one attached hydrogen (secondary N) is 7. The number of aromatic amines is 1. The minimum absolute atomic E-state index is 0.0366. The van der Waals surface area contributed by atoms with Crippen molar-refractivity contribution in [2.24, 2.45) is 23.5 Å². The van der Waals surface area contributed by atoms with E-state index in [2.05, 4.69) is 36.9 Å². The van der Waals surface area contributed by atoms with Crippen molar-refractivity contribution >= 4 is 52.3 Å². The molecule has 0 unspecified atom stereocenters. The average molecular weight is 683 g/mol. The van der Waals surface area contributed by atoms with Crippen LogP contribution >= 0.6 is 0 Å². The van der Waals surface area contributed by atoms with Gasteiger partial charge in [0.25, 0.3) is 0 Å². The zero-order valence-electron chi connectivity index (χ0n) is 29.0. The highest BCUT2D eigenvalue weighted by Crippen LogP contribution is 2.20. The first-order chi connectivity index (χ1) is 23.0. The van der Waals surface area contributed by atoms with Gasteiger partial charge < -0.3 is 42.6 Å². The maximum Gasteiger partial charge on any atom is 0.243 e. The van der Waals surface area contributed by atoms with Crippen molar-refractivity contribution < 1.29 is 33.6 Å². The lowest BCUT2D eigenvalue weighted by molar-refractivity contribution is -0.137. The molecule has 1 aromatic heterocycles. The highest BCUT2D eigenvalue weighted by Gasteiger charge is 2.35. The maximum absolute atomic E-state index is 13.9. The molecule has 3 rings (SSSR count). The summed E-state index contributed by atoms with van der Waals surface area (Å²) in [5, 5.41) is 16.6. The largest absolute Gasteiger partial charge is 0.370 e. The first-order valence-corrected chi connectivity index (χ1v) is 16.7. The zero-order chi connectivity index (χ0) is 36.4. The third-order valence-electron chi connectivity index (χ3n) is 8.14. The van der Waals surface area contributed by atoms with Crippen LogP contribution in [0.2, 0.25) is 0 Å². The van der Waals surface area contributed by atoms with Crippen LogP contribution < -0.4 is 37.6 Å². The predicted octanol–water partition coefficient (Wildman–Crippen LogP) is -0.112. The molecule has 5 atom stereocenters. The van der Waals surface area contributed by atoms with Crippen LogP contribution in [0.4, 0.5) is 0 Å². The lowest BCUT2D eigenvalue weighted by Gasteiger charge is -2.29. The fraction of sp³-hybridized carbons (Fsp3) is 0.559. The van der Waals surface area contributed by atoms with E-state index in [1.165, 1.54) is 0 Å². The number of benzene rings is 1. The van der Waals surface area contributed by atoms with Crippen LogP contribution in [0, 0.1) is 17.8 Å². The number of nitrogens with two attached hydrogens (primary N) is 1. The van der Waals surface area contributed by atoms with Crippen LogP contribution in [0.1, 0.15) is 66.4 Å². The van der Waals surface area contributed by atoms with Gasteiger partial charge in [-0.15, -0.1) is 0 Å². The monoisotopic (exact) mass is 682 g/mol. The molecule has 2 heterocycles. The molecule has 0 aliphatic carbocycles. The topological polar surface area (TPSA) is 233 Å². The Morgan fingerprint density at radius 1 is 0.714 bits per heavy atom. The summed E-state index contributed by atoms with van der Waals surface area (Å²) < 4.78 is 0. The third kappa shape index (κ3) is 11.3. The molecule has 1 aliphatic heterocycles. The van der Waals surface area contributed by atoms with Gasteiger partial charge in [0.2, 0.25) is 41.4 Å². The summed E-state index contributed by atoms with van der Waals surface area (Å²) in [4.78, 5) is 96.0. The highest BCUT2D eigenvalue weighted by atomic mass is 16.2. The molecule has 0 radical (unpaired) electrons. The van der Waals surface area contributed by atoms with Crippen molar-refractivity contribution in [3.05, 3.63) is 36.0 Å². The van der Waals surface area contributed by atoms with Gasteiger partial charge in [-0.2, -0.15) is 0 Å². The minimum atomic E-state index is -1.46. The smallest absolute Gasteiger partial charge is 0.243 e. The van der Waals surface area contributed by atoms with Gasteiger partial charge in [0.15, 0.2) is 0 Å².